The molecule has 0 aromatic heterocycles. The third kappa shape index (κ3) is 5.56. The monoisotopic (exact) mass is 392 g/mol. The Morgan fingerprint density at radius 2 is 1.93 bits per heavy atom. The Balaban J connectivity index is 1.44. The molecule has 1 heterocycles. The first-order chi connectivity index (χ1) is 13.4. The van der Waals surface area contributed by atoms with Gasteiger partial charge < -0.3 is 10.1 Å². The average molecular weight is 392 g/mol. The molecular weight excluding hydrogens is 369 g/mol. The number of carbonyl (C=O) groups excluding carboxylic acids is 1. The summed E-state index contributed by atoms with van der Waals surface area (Å²) in [6.07, 6.45) is -3.71. The molecule has 1 N–H and O–H groups in total. The van der Waals surface area contributed by atoms with Crippen molar-refractivity contribution in [1.82, 2.24) is 10.2 Å². The van der Waals surface area contributed by atoms with E-state index < -0.39 is 17.6 Å². The highest BCUT2D eigenvalue weighted by molar-refractivity contribution is 5.94. The number of amides is 1. The number of morpholine rings is 1. The van der Waals surface area contributed by atoms with Crippen LogP contribution in [0.15, 0.2) is 54.6 Å². The van der Waals surface area contributed by atoms with E-state index in [0.717, 1.165) is 37.3 Å². The first kappa shape index (κ1) is 20.4. The highest BCUT2D eigenvalue weighted by Crippen LogP contribution is 2.29. The third-order valence-electron chi connectivity index (χ3n) is 4.71. The highest BCUT2D eigenvalue weighted by Gasteiger charge is 2.30. The van der Waals surface area contributed by atoms with E-state index >= 15 is 0 Å². The van der Waals surface area contributed by atoms with Gasteiger partial charge in [0.05, 0.1) is 18.3 Å². The second kappa shape index (κ2) is 9.21. The van der Waals surface area contributed by atoms with E-state index in [1.54, 1.807) is 0 Å². The molecule has 150 valence electrons. The van der Waals surface area contributed by atoms with E-state index in [0.29, 0.717) is 19.6 Å². The molecule has 7 heteroatoms. The maximum Gasteiger partial charge on any atom is 0.416 e. The lowest BCUT2D eigenvalue weighted by Gasteiger charge is -2.33. The molecular formula is C21H23F3N2O2. The van der Waals surface area contributed by atoms with Crippen LogP contribution in [0.25, 0.3) is 0 Å². The summed E-state index contributed by atoms with van der Waals surface area (Å²) in [6.45, 7) is 3.45. The molecule has 0 spiro atoms. The van der Waals surface area contributed by atoms with Gasteiger partial charge in [-0.05, 0) is 30.2 Å². The van der Waals surface area contributed by atoms with E-state index in [2.05, 4.69) is 10.2 Å². The molecule has 2 aromatic rings. The normalized spacial score (nSPS) is 18.0. The Morgan fingerprint density at radius 3 is 2.68 bits per heavy atom. The summed E-state index contributed by atoms with van der Waals surface area (Å²) in [5, 5.41) is 2.70. The van der Waals surface area contributed by atoms with E-state index in [1.807, 2.05) is 30.3 Å². The summed E-state index contributed by atoms with van der Waals surface area (Å²) < 4.78 is 44.1. The summed E-state index contributed by atoms with van der Waals surface area (Å²) in [5.41, 5.74) is 0.343. The second-order valence-corrected chi connectivity index (χ2v) is 6.76. The lowest BCUT2D eigenvalue weighted by atomic mass is 10.1. The number of nitrogens with zero attached hydrogens (tertiary/aromatic N) is 1. The van der Waals surface area contributed by atoms with E-state index in [1.165, 1.54) is 12.1 Å². The van der Waals surface area contributed by atoms with Crippen molar-refractivity contribution in [3.63, 3.8) is 0 Å². The summed E-state index contributed by atoms with van der Waals surface area (Å²) in [5.74, 6) is -0.491. The minimum Gasteiger partial charge on any atom is -0.371 e. The maximum absolute atomic E-state index is 12.8. The predicted octanol–water partition coefficient (Wildman–Crippen LogP) is 3.90. The van der Waals surface area contributed by atoms with Gasteiger partial charge in [-0.1, -0.05) is 36.4 Å². The standard InChI is InChI=1S/C21H23F3N2O2/c22-21(23,24)18-9-4-8-17(14-18)20(27)25-10-5-11-26-12-13-28-19(15-26)16-6-2-1-3-7-16/h1-4,6-9,14,19H,5,10-13,15H2,(H,25,27). The van der Waals surface area contributed by atoms with Crippen LogP contribution >= 0.6 is 0 Å². The number of hydrogen-bond donors (Lipinski definition) is 1. The van der Waals surface area contributed by atoms with Crippen molar-refractivity contribution in [3.05, 3.63) is 71.3 Å². The molecule has 0 radical (unpaired) electrons. The second-order valence-electron chi connectivity index (χ2n) is 6.76. The lowest BCUT2D eigenvalue weighted by Crippen LogP contribution is -2.39. The fourth-order valence-corrected chi connectivity index (χ4v) is 3.22. The van der Waals surface area contributed by atoms with Crippen molar-refractivity contribution < 1.29 is 22.7 Å². The van der Waals surface area contributed by atoms with Gasteiger partial charge in [-0.2, -0.15) is 13.2 Å². The van der Waals surface area contributed by atoms with Gasteiger partial charge in [0.2, 0.25) is 0 Å². The van der Waals surface area contributed by atoms with Crippen molar-refractivity contribution in [2.75, 3.05) is 32.8 Å². The summed E-state index contributed by atoms with van der Waals surface area (Å²) in [7, 11) is 0. The van der Waals surface area contributed by atoms with Crippen molar-refractivity contribution >= 4 is 5.91 Å². The highest BCUT2D eigenvalue weighted by atomic mass is 19.4. The Kier molecular flexibility index (Phi) is 6.70. The zero-order chi connectivity index (χ0) is 20.0. The van der Waals surface area contributed by atoms with Gasteiger partial charge in [-0.25, -0.2) is 0 Å². The van der Waals surface area contributed by atoms with E-state index in [9.17, 15) is 18.0 Å². The van der Waals surface area contributed by atoms with Crippen molar-refractivity contribution in [1.29, 1.82) is 0 Å². The van der Waals surface area contributed by atoms with Crippen LogP contribution in [0.4, 0.5) is 13.2 Å². The Bertz CT molecular complexity index is 781. The number of carbonyl (C=O) groups is 1. The van der Waals surface area contributed by atoms with Crippen LogP contribution in [0.3, 0.4) is 0 Å². The van der Waals surface area contributed by atoms with E-state index in [-0.39, 0.29) is 11.7 Å². The number of rotatable bonds is 6. The molecule has 1 aliphatic rings. The Morgan fingerprint density at radius 1 is 1.14 bits per heavy atom. The fourth-order valence-electron chi connectivity index (χ4n) is 3.22. The van der Waals surface area contributed by atoms with Crippen LogP contribution in [0.5, 0.6) is 0 Å². The molecule has 4 nitrogen and oxygen atoms in total. The van der Waals surface area contributed by atoms with Crippen LogP contribution in [0.1, 0.15) is 34.0 Å². The quantitative estimate of drug-likeness (QED) is 0.759. The summed E-state index contributed by atoms with van der Waals surface area (Å²) in [6, 6.07) is 14.5. The number of hydrogen-bond acceptors (Lipinski definition) is 3. The molecule has 0 bridgehead atoms. The number of halogens is 3. The minimum absolute atomic E-state index is 0.0188. The van der Waals surface area contributed by atoms with Crippen LogP contribution in [-0.2, 0) is 10.9 Å². The SMILES string of the molecule is O=C(NCCCN1CCOC(c2ccccc2)C1)c1cccc(C(F)(F)F)c1. The van der Waals surface area contributed by atoms with Gasteiger partial charge in [-0.3, -0.25) is 9.69 Å². The zero-order valence-corrected chi connectivity index (χ0v) is 15.4. The summed E-state index contributed by atoms with van der Waals surface area (Å²) in [4.78, 5) is 14.4. The topological polar surface area (TPSA) is 41.6 Å². The van der Waals surface area contributed by atoms with Crippen LogP contribution in [0.2, 0.25) is 0 Å². The van der Waals surface area contributed by atoms with E-state index in [4.69, 9.17) is 4.74 Å². The molecule has 1 saturated heterocycles. The molecule has 1 aliphatic heterocycles. The fraction of sp³-hybridized carbons (Fsp3) is 0.381. The van der Waals surface area contributed by atoms with Crippen LogP contribution < -0.4 is 5.32 Å². The van der Waals surface area contributed by atoms with Gasteiger partial charge >= 0.3 is 6.18 Å². The summed E-state index contributed by atoms with van der Waals surface area (Å²) >= 11 is 0. The smallest absolute Gasteiger partial charge is 0.371 e. The molecule has 2 aromatic carbocycles. The zero-order valence-electron chi connectivity index (χ0n) is 15.4. The van der Waals surface area contributed by atoms with Crippen molar-refractivity contribution in [2.45, 2.75) is 18.7 Å². The molecule has 1 fully saturated rings. The molecule has 3 rings (SSSR count). The van der Waals surface area contributed by atoms with Gasteiger partial charge in [0, 0.05) is 31.7 Å². The molecule has 1 amide bonds. The molecule has 0 aliphatic carbocycles. The molecule has 28 heavy (non-hydrogen) atoms. The minimum atomic E-state index is -4.46. The Labute approximate surface area is 162 Å². The third-order valence-corrected chi connectivity index (χ3v) is 4.71. The maximum atomic E-state index is 12.8. The van der Waals surface area contributed by atoms with Gasteiger partial charge in [-0.15, -0.1) is 0 Å². The largest absolute Gasteiger partial charge is 0.416 e. The van der Waals surface area contributed by atoms with Gasteiger partial charge in [0.1, 0.15) is 0 Å². The molecule has 0 saturated carbocycles. The number of alkyl halides is 3. The van der Waals surface area contributed by atoms with Crippen LogP contribution in [-0.4, -0.2) is 43.6 Å². The average Bonchev–Trinajstić information content (AvgIpc) is 2.71. The number of nitrogens with one attached hydrogen (secondary N) is 1. The lowest BCUT2D eigenvalue weighted by molar-refractivity contribution is -0.137. The molecule has 1 unspecified atom stereocenters. The number of benzene rings is 2. The Hall–Kier alpha value is -2.38. The first-order valence-corrected chi connectivity index (χ1v) is 9.28. The van der Waals surface area contributed by atoms with Crippen molar-refractivity contribution in [3.8, 4) is 0 Å². The van der Waals surface area contributed by atoms with Crippen LogP contribution in [0, 0.1) is 0 Å². The predicted molar refractivity (Wildman–Crippen MR) is 100.0 cm³/mol. The first-order valence-electron chi connectivity index (χ1n) is 9.28. The number of ether oxygens (including phenoxy) is 1. The van der Waals surface area contributed by atoms with Gasteiger partial charge in [0.25, 0.3) is 5.91 Å². The molecule has 1 atom stereocenters. The van der Waals surface area contributed by atoms with Crippen molar-refractivity contribution in [2.24, 2.45) is 0 Å². The van der Waals surface area contributed by atoms with Gasteiger partial charge in [0.15, 0.2) is 0 Å².